The predicted octanol–water partition coefficient (Wildman–Crippen LogP) is 2.71. The Morgan fingerprint density at radius 2 is 1.86 bits per heavy atom. The van der Waals surface area contributed by atoms with Crippen molar-refractivity contribution in [1.82, 2.24) is 20.1 Å². The first-order valence-electron chi connectivity index (χ1n) is 10.4. The number of aliphatic imine (C=N–C) groups is 1. The molecule has 3 N–H and O–H groups in total. The van der Waals surface area contributed by atoms with Gasteiger partial charge in [0.15, 0.2) is 5.17 Å². The van der Waals surface area contributed by atoms with Gasteiger partial charge in [0.25, 0.3) is 0 Å². The first-order valence-corrected chi connectivity index (χ1v) is 11.6. The van der Waals surface area contributed by atoms with Crippen molar-refractivity contribution in [2.24, 2.45) is 16.8 Å². The van der Waals surface area contributed by atoms with Crippen LogP contribution in [0.2, 0.25) is 0 Å². The molecule has 2 rings (SSSR count). The predicted molar refractivity (Wildman–Crippen MR) is 123 cm³/mol. The van der Waals surface area contributed by atoms with Gasteiger partial charge in [0.2, 0.25) is 0 Å². The minimum atomic E-state index is -0.144. The third-order valence-electron chi connectivity index (χ3n) is 6.20. The molecule has 0 amide bonds. The van der Waals surface area contributed by atoms with Crippen molar-refractivity contribution in [3.63, 3.8) is 0 Å². The van der Waals surface area contributed by atoms with Crippen molar-refractivity contribution >= 4 is 16.9 Å². The Morgan fingerprint density at radius 3 is 2.36 bits per heavy atom. The zero-order valence-electron chi connectivity index (χ0n) is 18.5. The fourth-order valence-corrected chi connectivity index (χ4v) is 4.22. The lowest BCUT2D eigenvalue weighted by Crippen LogP contribution is -2.57. The van der Waals surface area contributed by atoms with Gasteiger partial charge in [-0.05, 0) is 38.9 Å². The van der Waals surface area contributed by atoms with Crippen LogP contribution in [0.1, 0.15) is 40.5 Å². The molecular formula is C21H40N6S. The minimum absolute atomic E-state index is 0.144. The largest absolute Gasteiger partial charge is 0.373 e. The maximum Gasteiger partial charge on any atom is 0.160 e. The number of piperazine rings is 1. The van der Waals surface area contributed by atoms with E-state index in [0.29, 0.717) is 12.0 Å². The monoisotopic (exact) mass is 408 g/mol. The van der Waals surface area contributed by atoms with Gasteiger partial charge >= 0.3 is 0 Å². The van der Waals surface area contributed by atoms with Crippen LogP contribution in [0.4, 0.5) is 0 Å². The molecule has 0 saturated carbocycles. The van der Waals surface area contributed by atoms with Crippen molar-refractivity contribution in [1.29, 1.82) is 0 Å². The molecule has 0 bridgehead atoms. The highest BCUT2D eigenvalue weighted by molar-refractivity contribution is 8.13. The van der Waals surface area contributed by atoms with Crippen LogP contribution in [-0.4, -0.2) is 77.1 Å². The van der Waals surface area contributed by atoms with Gasteiger partial charge in [-0.15, -0.1) is 0 Å². The molecule has 0 aromatic rings. The Labute approximate surface area is 176 Å². The minimum Gasteiger partial charge on any atom is -0.373 e. The van der Waals surface area contributed by atoms with E-state index in [-0.39, 0.29) is 5.54 Å². The Balaban J connectivity index is 1.91. The zero-order valence-corrected chi connectivity index (χ0v) is 19.3. The van der Waals surface area contributed by atoms with Gasteiger partial charge in [0.05, 0.1) is 12.1 Å². The van der Waals surface area contributed by atoms with Crippen LogP contribution in [0.3, 0.4) is 0 Å². The summed E-state index contributed by atoms with van der Waals surface area (Å²) in [6, 6.07) is 0.354. The van der Waals surface area contributed by atoms with Crippen LogP contribution < -0.4 is 11.2 Å². The molecule has 1 atom stereocenters. The Hall–Kier alpha value is -1.02. The molecule has 2 saturated heterocycles. The number of hydrogen-bond donors (Lipinski definition) is 2. The van der Waals surface area contributed by atoms with Crippen LogP contribution in [0.25, 0.3) is 0 Å². The highest BCUT2D eigenvalue weighted by Crippen LogP contribution is 2.25. The van der Waals surface area contributed by atoms with Gasteiger partial charge in [0.1, 0.15) is 0 Å². The highest BCUT2D eigenvalue weighted by Gasteiger charge is 2.33. The van der Waals surface area contributed by atoms with E-state index in [1.807, 2.05) is 5.01 Å². The molecule has 0 aromatic carbocycles. The van der Waals surface area contributed by atoms with Crippen molar-refractivity contribution in [2.45, 2.75) is 52.1 Å². The number of thioether (sulfide) groups is 1. The molecule has 0 aromatic heterocycles. The summed E-state index contributed by atoms with van der Waals surface area (Å²) in [5.41, 5.74) is 2.09. The number of nitrogens with zero attached hydrogens (tertiary/aromatic N) is 4. The fourth-order valence-electron chi connectivity index (χ4n) is 3.79. The lowest BCUT2D eigenvalue weighted by atomic mass is 9.97. The number of nitrogens with one attached hydrogen (secondary N) is 1. The topological polar surface area (TPSA) is 60.1 Å². The Bertz CT molecular complexity index is 577. The Kier molecular flexibility index (Phi) is 8.43. The third kappa shape index (κ3) is 5.75. The summed E-state index contributed by atoms with van der Waals surface area (Å²) in [5.74, 6) is 6.53. The first kappa shape index (κ1) is 23.3. The maximum absolute atomic E-state index is 6.03. The fraction of sp³-hybridized carbons (Fsp3) is 0.762. The zero-order chi connectivity index (χ0) is 20.9. The summed E-state index contributed by atoms with van der Waals surface area (Å²) in [4.78, 5) is 9.70. The van der Waals surface area contributed by atoms with Gasteiger partial charge < -0.3 is 10.2 Å². The molecule has 2 aliphatic rings. The number of nitrogens with two attached hydrogens (primary N) is 1. The molecule has 2 fully saturated rings. The van der Waals surface area contributed by atoms with Crippen molar-refractivity contribution in [3.8, 4) is 0 Å². The molecule has 0 radical (unpaired) electrons. The summed E-state index contributed by atoms with van der Waals surface area (Å²) >= 11 is 1.63. The average molecular weight is 409 g/mol. The van der Waals surface area contributed by atoms with E-state index >= 15 is 0 Å². The molecule has 160 valence electrons. The van der Waals surface area contributed by atoms with Crippen molar-refractivity contribution in [3.05, 3.63) is 24.6 Å². The van der Waals surface area contributed by atoms with Gasteiger partial charge in [-0.25, -0.2) is 5.01 Å². The summed E-state index contributed by atoms with van der Waals surface area (Å²) in [6.07, 6.45) is 4.34. The van der Waals surface area contributed by atoms with Crippen LogP contribution in [-0.2, 0) is 0 Å². The van der Waals surface area contributed by atoms with E-state index in [1.54, 1.807) is 11.8 Å². The number of hydrogen-bond acceptors (Lipinski definition) is 6. The summed E-state index contributed by atoms with van der Waals surface area (Å²) in [7, 11) is 0. The van der Waals surface area contributed by atoms with Gasteiger partial charge in [-0.1, -0.05) is 38.8 Å². The van der Waals surface area contributed by atoms with Crippen LogP contribution in [0.15, 0.2) is 29.5 Å². The van der Waals surface area contributed by atoms with E-state index in [1.165, 1.54) is 5.70 Å². The number of rotatable bonds is 7. The number of hydrazine groups is 1. The van der Waals surface area contributed by atoms with Crippen LogP contribution in [0.5, 0.6) is 0 Å². The highest BCUT2D eigenvalue weighted by atomic mass is 32.2. The quantitative estimate of drug-likeness (QED) is 0.384. The molecule has 0 aliphatic carbocycles. The Morgan fingerprint density at radius 1 is 1.21 bits per heavy atom. The molecule has 6 nitrogen and oxygen atoms in total. The maximum atomic E-state index is 6.03. The number of allylic oxidation sites excluding steroid dienone is 1. The molecule has 28 heavy (non-hydrogen) atoms. The molecule has 0 spiro atoms. The smallest absolute Gasteiger partial charge is 0.160 e. The molecule has 1 unspecified atom stereocenters. The van der Waals surface area contributed by atoms with E-state index in [4.69, 9.17) is 10.8 Å². The average Bonchev–Trinajstić information content (AvgIpc) is 3.09. The van der Waals surface area contributed by atoms with Crippen molar-refractivity contribution < 1.29 is 0 Å². The first-order chi connectivity index (χ1) is 13.2. The lowest BCUT2D eigenvalue weighted by Gasteiger charge is -2.46. The van der Waals surface area contributed by atoms with E-state index in [2.05, 4.69) is 62.2 Å². The molecular weight excluding hydrogens is 368 g/mol. The molecule has 7 heteroatoms. The second-order valence-corrected chi connectivity index (χ2v) is 9.46. The van der Waals surface area contributed by atoms with Crippen LogP contribution >= 0.6 is 11.8 Å². The molecule has 2 aliphatic heterocycles. The third-order valence-corrected chi connectivity index (χ3v) is 6.82. The van der Waals surface area contributed by atoms with E-state index < -0.39 is 0 Å². The van der Waals surface area contributed by atoms with E-state index in [0.717, 1.165) is 63.0 Å². The summed E-state index contributed by atoms with van der Waals surface area (Å²) in [6.45, 7) is 23.3. The normalized spacial score (nSPS) is 22.8. The number of amidine groups is 1. The lowest BCUT2D eigenvalue weighted by molar-refractivity contribution is 0.0804. The van der Waals surface area contributed by atoms with E-state index in [9.17, 15) is 0 Å². The summed E-state index contributed by atoms with van der Waals surface area (Å²) in [5, 5.41) is 6.32. The second-order valence-electron chi connectivity index (χ2n) is 8.67. The van der Waals surface area contributed by atoms with Crippen molar-refractivity contribution in [2.75, 3.05) is 45.5 Å². The SMILES string of the molecule is C=C(C(C)C)N1CCN(C(C)(C)C(=C)NC(=NCC2CCCN2N)SC)CC1. The van der Waals surface area contributed by atoms with Gasteiger partial charge in [0, 0.05) is 50.2 Å². The second kappa shape index (κ2) is 10.1. The standard InChI is InChI=1S/C21H40N6S/c1-16(2)17(3)25-11-13-26(14-12-25)21(5,6)18(4)24-20(28-7)23-15-19-9-8-10-27(19)22/h16,19H,3-4,8-15,22H2,1-2,5-7H3,(H,23,24). The van der Waals surface area contributed by atoms with Gasteiger partial charge in [-0.2, -0.15) is 0 Å². The summed E-state index contributed by atoms with van der Waals surface area (Å²) < 4.78 is 0. The molecule has 2 heterocycles. The van der Waals surface area contributed by atoms with Gasteiger partial charge in [-0.3, -0.25) is 15.7 Å². The van der Waals surface area contributed by atoms with Crippen LogP contribution in [0, 0.1) is 5.92 Å².